The van der Waals surface area contributed by atoms with Gasteiger partial charge in [0.15, 0.2) is 11.5 Å². The molecule has 5 rings (SSSR count). The van der Waals surface area contributed by atoms with Gasteiger partial charge in [-0.2, -0.15) is 0 Å². The maximum atomic E-state index is 13.9. The maximum absolute atomic E-state index is 13.9. The van der Waals surface area contributed by atoms with Crippen molar-refractivity contribution >= 4 is 35.1 Å². The lowest BCUT2D eigenvalue weighted by atomic mass is 10.1. The molecule has 0 saturated heterocycles. The van der Waals surface area contributed by atoms with Crippen LogP contribution in [0.15, 0.2) is 95.6 Å². The van der Waals surface area contributed by atoms with E-state index in [1.807, 2.05) is 30.3 Å². The van der Waals surface area contributed by atoms with Crippen molar-refractivity contribution in [3.05, 3.63) is 107 Å². The van der Waals surface area contributed by atoms with Gasteiger partial charge in [-0.3, -0.25) is 14.5 Å². The Morgan fingerprint density at radius 2 is 1.41 bits per heavy atom. The summed E-state index contributed by atoms with van der Waals surface area (Å²) in [6.07, 6.45) is 1.67. The van der Waals surface area contributed by atoms with Gasteiger partial charge >= 0.3 is 0 Å². The van der Waals surface area contributed by atoms with Crippen LogP contribution < -0.4 is 33.9 Å². The summed E-state index contributed by atoms with van der Waals surface area (Å²) < 4.78 is 27.0. The minimum atomic E-state index is -0.351. The Hall–Kier alpha value is -5.77. The van der Waals surface area contributed by atoms with E-state index in [9.17, 15) is 9.59 Å². The van der Waals surface area contributed by atoms with E-state index in [0.29, 0.717) is 57.1 Å². The van der Waals surface area contributed by atoms with Crippen molar-refractivity contribution in [1.29, 1.82) is 0 Å². The zero-order valence-corrected chi connectivity index (χ0v) is 24.9. The molecule has 224 valence electrons. The molecule has 1 aliphatic rings. The zero-order valence-electron chi connectivity index (χ0n) is 24.9. The van der Waals surface area contributed by atoms with E-state index in [2.05, 4.69) is 5.32 Å². The van der Waals surface area contributed by atoms with Crippen LogP contribution in [0.4, 0.5) is 11.4 Å². The van der Waals surface area contributed by atoms with Gasteiger partial charge in [-0.1, -0.05) is 30.3 Å². The first-order valence-corrected chi connectivity index (χ1v) is 13.5. The van der Waals surface area contributed by atoms with E-state index in [0.717, 1.165) is 5.56 Å². The topological polar surface area (TPSA) is 108 Å². The van der Waals surface area contributed by atoms with Gasteiger partial charge in [0.05, 0.1) is 46.9 Å². The Bertz CT molecular complexity index is 1720. The van der Waals surface area contributed by atoms with Crippen LogP contribution in [0, 0.1) is 0 Å². The van der Waals surface area contributed by atoms with E-state index in [4.69, 9.17) is 28.7 Å². The van der Waals surface area contributed by atoms with Gasteiger partial charge in [-0.15, -0.1) is 0 Å². The van der Waals surface area contributed by atoms with Crippen LogP contribution in [-0.4, -0.2) is 53.2 Å². The predicted molar refractivity (Wildman–Crippen MR) is 168 cm³/mol. The number of hydrogen-bond acceptors (Lipinski definition) is 8. The minimum Gasteiger partial charge on any atom is -0.497 e. The first-order chi connectivity index (χ1) is 21.4. The van der Waals surface area contributed by atoms with Gasteiger partial charge in [0.25, 0.3) is 11.8 Å². The molecule has 44 heavy (non-hydrogen) atoms. The van der Waals surface area contributed by atoms with Crippen molar-refractivity contribution in [2.24, 2.45) is 4.99 Å². The fraction of sp³-hybridized carbons (Fsp3) is 0.147. The maximum Gasteiger partial charge on any atom is 0.282 e. The second kappa shape index (κ2) is 13.0. The number of amides is 2. The number of amidine groups is 1. The highest BCUT2D eigenvalue weighted by molar-refractivity contribution is 6.33. The van der Waals surface area contributed by atoms with Gasteiger partial charge in [-0.25, -0.2) is 4.99 Å². The van der Waals surface area contributed by atoms with Gasteiger partial charge in [0.2, 0.25) is 5.75 Å². The molecule has 0 radical (unpaired) electrons. The largest absolute Gasteiger partial charge is 0.497 e. The highest BCUT2D eigenvalue weighted by Crippen LogP contribution is 2.39. The smallest absolute Gasteiger partial charge is 0.282 e. The van der Waals surface area contributed by atoms with Gasteiger partial charge in [-0.05, 0) is 60.2 Å². The van der Waals surface area contributed by atoms with Crippen LogP contribution in [0.3, 0.4) is 0 Å². The van der Waals surface area contributed by atoms with Gasteiger partial charge in [0.1, 0.15) is 23.0 Å². The number of hydrogen-bond donors (Lipinski definition) is 1. The molecule has 1 aliphatic heterocycles. The van der Waals surface area contributed by atoms with Crippen LogP contribution in [0.25, 0.3) is 6.08 Å². The number of carbonyl (C=O) groups excluding carboxylic acids is 2. The molecule has 2 amide bonds. The summed E-state index contributed by atoms with van der Waals surface area (Å²) in [5.41, 5.74) is 3.00. The van der Waals surface area contributed by atoms with Crippen molar-refractivity contribution < 1.29 is 33.3 Å². The second-order valence-corrected chi connectivity index (χ2v) is 9.50. The molecule has 1 N–H and O–H groups in total. The molecule has 0 atom stereocenters. The third-order valence-electron chi connectivity index (χ3n) is 6.93. The molecule has 4 aromatic carbocycles. The van der Waals surface area contributed by atoms with Gasteiger partial charge in [0, 0.05) is 17.2 Å². The Labute approximate surface area is 255 Å². The normalized spacial score (nSPS) is 13.4. The lowest BCUT2D eigenvalue weighted by molar-refractivity contribution is -0.113. The molecule has 0 fully saturated rings. The summed E-state index contributed by atoms with van der Waals surface area (Å²) in [5, 5.41) is 2.86. The summed E-state index contributed by atoms with van der Waals surface area (Å²) in [6, 6.07) is 24.7. The number of carbonyl (C=O) groups is 2. The molecule has 0 bridgehead atoms. The Morgan fingerprint density at radius 1 is 0.750 bits per heavy atom. The first kappa shape index (κ1) is 29.7. The fourth-order valence-electron chi connectivity index (χ4n) is 4.75. The molecule has 0 saturated carbocycles. The Balaban J connectivity index is 1.48. The van der Waals surface area contributed by atoms with Crippen molar-refractivity contribution in [3.63, 3.8) is 0 Å². The van der Waals surface area contributed by atoms with Crippen LogP contribution in [0.2, 0.25) is 0 Å². The third-order valence-corrected chi connectivity index (χ3v) is 6.93. The summed E-state index contributed by atoms with van der Waals surface area (Å²) in [5.74, 6) is 2.18. The highest BCUT2D eigenvalue weighted by Gasteiger charge is 2.32. The SMILES string of the molecule is COc1ccc(OC)c(NC(=O)c2ccc(N3C(=O)/C(=C/c4cc(OC)c(OC)c(OC)c4)N=C3c3ccccc3)cc2)c1. The second-order valence-electron chi connectivity index (χ2n) is 9.50. The van der Waals surface area contributed by atoms with Crippen molar-refractivity contribution in [2.45, 2.75) is 0 Å². The number of aliphatic imine (C=N–C) groups is 1. The van der Waals surface area contributed by atoms with Gasteiger partial charge < -0.3 is 29.0 Å². The number of nitrogens with one attached hydrogen (secondary N) is 1. The van der Waals surface area contributed by atoms with E-state index in [1.165, 1.54) is 33.3 Å². The highest BCUT2D eigenvalue weighted by atomic mass is 16.5. The molecule has 10 nitrogen and oxygen atoms in total. The number of nitrogens with zero attached hydrogens (tertiary/aromatic N) is 2. The van der Waals surface area contributed by atoms with E-state index < -0.39 is 0 Å². The summed E-state index contributed by atoms with van der Waals surface area (Å²) in [4.78, 5) is 33.2. The quantitative estimate of drug-likeness (QED) is 0.231. The molecule has 0 aromatic heterocycles. The summed E-state index contributed by atoms with van der Waals surface area (Å²) in [7, 11) is 7.65. The molecular weight excluding hydrogens is 562 g/mol. The van der Waals surface area contributed by atoms with E-state index in [1.54, 1.807) is 67.8 Å². The van der Waals surface area contributed by atoms with Crippen molar-refractivity contribution in [2.75, 3.05) is 45.8 Å². The Kier molecular flexibility index (Phi) is 8.80. The minimum absolute atomic E-state index is 0.213. The number of anilines is 2. The average molecular weight is 594 g/mol. The molecule has 4 aromatic rings. The monoisotopic (exact) mass is 593 g/mol. The molecule has 10 heteroatoms. The summed E-state index contributed by atoms with van der Waals surface area (Å²) >= 11 is 0. The van der Waals surface area contributed by atoms with E-state index in [-0.39, 0.29) is 17.5 Å². The van der Waals surface area contributed by atoms with Crippen LogP contribution >= 0.6 is 0 Å². The fourth-order valence-corrected chi connectivity index (χ4v) is 4.75. The number of benzene rings is 4. The predicted octanol–water partition coefficient (Wildman–Crippen LogP) is 5.82. The van der Waals surface area contributed by atoms with Crippen molar-refractivity contribution in [1.82, 2.24) is 0 Å². The Morgan fingerprint density at radius 3 is 2.00 bits per heavy atom. The van der Waals surface area contributed by atoms with E-state index >= 15 is 0 Å². The van der Waals surface area contributed by atoms with Crippen LogP contribution in [0.5, 0.6) is 28.7 Å². The molecule has 0 aliphatic carbocycles. The molecule has 1 heterocycles. The lowest BCUT2D eigenvalue weighted by Gasteiger charge is -2.19. The summed E-state index contributed by atoms with van der Waals surface area (Å²) in [6.45, 7) is 0. The average Bonchev–Trinajstić information content (AvgIpc) is 3.39. The first-order valence-electron chi connectivity index (χ1n) is 13.5. The zero-order chi connectivity index (χ0) is 31.2. The molecular formula is C34H31N3O7. The van der Waals surface area contributed by atoms with Crippen LogP contribution in [-0.2, 0) is 4.79 Å². The molecule has 0 spiro atoms. The lowest BCUT2D eigenvalue weighted by Crippen LogP contribution is -2.32. The number of rotatable bonds is 10. The van der Waals surface area contributed by atoms with Crippen molar-refractivity contribution in [3.8, 4) is 28.7 Å². The third kappa shape index (κ3) is 5.91. The number of methoxy groups -OCH3 is 5. The molecule has 0 unspecified atom stereocenters. The standard InChI is InChI=1S/C34H31N3O7/c1-40-25-15-16-28(41-2)26(20-25)36-33(38)23-11-13-24(14-12-23)37-32(22-9-7-6-8-10-22)35-27(34(37)39)17-21-18-29(42-3)31(44-5)30(19-21)43-4/h6-20H,1-5H3,(H,36,38)/b27-17-. The number of ether oxygens (including phenoxy) is 5. The van der Waals surface area contributed by atoms with Crippen LogP contribution in [0.1, 0.15) is 21.5 Å².